The predicted octanol–water partition coefficient (Wildman–Crippen LogP) is 3.61. The van der Waals surface area contributed by atoms with E-state index in [9.17, 15) is 4.79 Å². The first-order valence-corrected chi connectivity index (χ1v) is 7.50. The third-order valence-electron chi connectivity index (χ3n) is 3.48. The van der Waals surface area contributed by atoms with Crippen LogP contribution in [0.1, 0.15) is 16.1 Å². The van der Waals surface area contributed by atoms with E-state index < -0.39 is 0 Å². The second-order valence-corrected chi connectivity index (χ2v) is 5.73. The fourth-order valence-corrected chi connectivity index (χ4v) is 2.57. The van der Waals surface area contributed by atoms with Crippen molar-refractivity contribution in [3.8, 4) is 11.3 Å². The van der Waals surface area contributed by atoms with Crippen LogP contribution in [0.25, 0.3) is 11.3 Å². The van der Waals surface area contributed by atoms with E-state index in [1.165, 1.54) is 0 Å². The number of nitrogens with zero attached hydrogens (tertiary/aromatic N) is 3. The average Bonchev–Trinajstić information content (AvgIpc) is 3.16. The summed E-state index contributed by atoms with van der Waals surface area (Å²) in [5.41, 5.74) is 1.73. The van der Waals surface area contributed by atoms with Crippen LogP contribution in [0.2, 0.25) is 5.02 Å². The van der Waals surface area contributed by atoms with E-state index in [0.717, 1.165) is 11.1 Å². The quantitative estimate of drug-likeness (QED) is 0.734. The van der Waals surface area contributed by atoms with Gasteiger partial charge in [-0.1, -0.05) is 23.7 Å². The van der Waals surface area contributed by atoms with Crippen molar-refractivity contribution in [1.82, 2.24) is 14.7 Å². The summed E-state index contributed by atoms with van der Waals surface area (Å²) in [5, 5.41) is 4.68. The zero-order valence-electron chi connectivity index (χ0n) is 12.9. The highest BCUT2D eigenvalue weighted by Crippen LogP contribution is 2.29. The average molecular weight is 330 g/mol. The molecule has 2 aromatic heterocycles. The number of benzene rings is 1. The molecule has 5 nitrogen and oxygen atoms in total. The third-order valence-corrected chi connectivity index (χ3v) is 3.81. The Balaban J connectivity index is 1.77. The summed E-state index contributed by atoms with van der Waals surface area (Å²) < 4.78 is 7.38. The Morgan fingerprint density at radius 1 is 1.30 bits per heavy atom. The Kier molecular flexibility index (Phi) is 4.21. The lowest BCUT2D eigenvalue weighted by molar-refractivity contribution is 0.0754. The first kappa shape index (κ1) is 15.4. The van der Waals surface area contributed by atoms with Crippen LogP contribution in [0.5, 0.6) is 0 Å². The normalized spacial score (nSPS) is 10.7. The van der Waals surface area contributed by atoms with Crippen LogP contribution in [0.15, 0.2) is 53.2 Å². The molecular formula is C17H16ClN3O2. The van der Waals surface area contributed by atoms with Crippen molar-refractivity contribution in [3.63, 3.8) is 0 Å². The molecule has 1 amide bonds. The summed E-state index contributed by atoms with van der Waals surface area (Å²) in [6.45, 7) is 0.467. The Labute approximate surface area is 139 Å². The lowest BCUT2D eigenvalue weighted by Crippen LogP contribution is -2.25. The van der Waals surface area contributed by atoms with Crippen molar-refractivity contribution >= 4 is 17.5 Å². The number of amides is 1. The van der Waals surface area contributed by atoms with Crippen molar-refractivity contribution < 1.29 is 9.21 Å². The largest absolute Gasteiger partial charge is 0.451 e. The number of furan rings is 1. The van der Waals surface area contributed by atoms with Gasteiger partial charge in [0.05, 0.1) is 11.2 Å². The van der Waals surface area contributed by atoms with Crippen LogP contribution in [-0.4, -0.2) is 27.6 Å². The third kappa shape index (κ3) is 3.29. The number of halogens is 1. The molecule has 0 bridgehead atoms. The van der Waals surface area contributed by atoms with E-state index in [4.69, 9.17) is 16.0 Å². The molecule has 0 aliphatic rings. The number of hydrogen-bond donors (Lipinski definition) is 0. The van der Waals surface area contributed by atoms with Crippen LogP contribution in [0.3, 0.4) is 0 Å². The van der Waals surface area contributed by atoms with Crippen LogP contribution < -0.4 is 0 Å². The van der Waals surface area contributed by atoms with Crippen LogP contribution >= 0.6 is 11.6 Å². The van der Waals surface area contributed by atoms with Gasteiger partial charge in [0, 0.05) is 38.0 Å². The molecule has 118 valence electrons. The minimum atomic E-state index is -0.188. The summed E-state index contributed by atoms with van der Waals surface area (Å²) in [7, 11) is 3.57. The lowest BCUT2D eigenvalue weighted by atomic mass is 10.2. The minimum Gasteiger partial charge on any atom is -0.451 e. The number of aromatic nitrogens is 2. The van der Waals surface area contributed by atoms with Gasteiger partial charge in [-0.25, -0.2) is 0 Å². The fourth-order valence-electron chi connectivity index (χ4n) is 2.35. The molecule has 0 spiro atoms. The maximum absolute atomic E-state index is 12.5. The molecule has 0 saturated carbocycles. The van der Waals surface area contributed by atoms with Crippen LogP contribution in [0, 0.1) is 0 Å². The monoisotopic (exact) mass is 329 g/mol. The Hall–Kier alpha value is -2.53. The topological polar surface area (TPSA) is 51.3 Å². The lowest BCUT2D eigenvalue weighted by Gasteiger charge is -2.14. The number of carbonyl (C=O) groups excluding carboxylic acids is 1. The first-order valence-electron chi connectivity index (χ1n) is 7.12. The molecule has 0 N–H and O–H groups in total. The maximum Gasteiger partial charge on any atom is 0.289 e. The molecule has 6 heteroatoms. The van der Waals surface area contributed by atoms with E-state index in [1.807, 2.05) is 31.4 Å². The first-order chi connectivity index (χ1) is 11.0. The number of hydrogen-bond acceptors (Lipinski definition) is 3. The predicted molar refractivity (Wildman–Crippen MR) is 88.2 cm³/mol. The number of carbonyl (C=O) groups is 1. The molecular weight excluding hydrogens is 314 g/mol. The van der Waals surface area contributed by atoms with Crippen molar-refractivity contribution in [2.75, 3.05) is 7.05 Å². The standard InChI is InChI=1S/C17H16ClN3O2/c1-20(10-12-9-19-21(2)11-12)17(22)16-8-7-15(23-16)13-5-3-4-6-14(13)18/h3-9,11H,10H2,1-2H3. The molecule has 0 aliphatic carbocycles. The van der Waals surface area contributed by atoms with Gasteiger partial charge in [-0.3, -0.25) is 9.48 Å². The van der Waals surface area contributed by atoms with E-state index in [0.29, 0.717) is 17.3 Å². The molecule has 3 rings (SSSR count). The van der Waals surface area contributed by atoms with Gasteiger partial charge in [-0.15, -0.1) is 0 Å². The van der Waals surface area contributed by atoms with Crippen molar-refractivity contribution in [3.05, 3.63) is 65.1 Å². The van der Waals surface area contributed by atoms with Gasteiger partial charge in [0.25, 0.3) is 5.91 Å². The summed E-state index contributed by atoms with van der Waals surface area (Å²) in [5.74, 6) is 0.673. The van der Waals surface area contributed by atoms with E-state index in [-0.39, 0.29) is 11.7 Å². The molecule has 0 saturated heterocycles. The minimum absolute atomic E-state index is 0.188. The van der Waals surface area contributed by atoms with E-state index in [2.05, 4.69) is 5.10 Å². The van der Waals surface area contributed by atoms with Crippen molar-refractivity contribution in [2.24, 2.45) is 7.05 Å². The summed E-state index contributed by atoms with van der Waals surface area (Å²) in [6.07, 6.45) is 3.61. The zero-order valence-corrected chi connectivity index (χ0v) is 13.6. The molecule has 0 fully saturated rings. The second-order valence-electron chi connectivity index (χ2n) is 5.33. The molecule has 0 unspecified atom stereocenters. The SMILES string of the molecule is CN(Cc1cnn(C)c1)C(=O)c1ccc(-c2ccccc2Cl)o1. The van der Waals surface area contributed by atoms with E-state index >= 15 is 0 Å². The summed E-state index contributed by atoms with van der Waals surface area (Å²) >= 11 is 6.16. The smallest absolute Gasteiger partial charge is 0.289 e. The van der Waals surface area contributed by atoms with Crippen molar-refractivity contribution in [1.29, 1.82) is 0 Å². The maximum atomic E-state index is 12.5. The van der Waals surface area contributed by atoms with Crippen LogP contribution in [0.4, 0.5) is 0 Å². The van der Waals surface area contributed by atoms with Gasteiger partial charge in [-0.2, -0.15) is 5.10 Å². The molecule has 0 aliphatic heterocycles. The van der Waals surface area contributed by atoms with E-state index in [1.54, 1.807) is 41.0 Å². The van der Waals surface area contributed by atoms with Gasteiger partial charge in [-0.05, 0) is 24.3 Å². The number of aryl methyl sites for hydroxylation is 1. The van der Waals surface area contributed by atoms with Gasteiger partial charge in [0.2, 0.25) is 0 Å². The Morgan fingerprint density at radius 2 is 2.09 bits per heavy atom. The highest BCUT2D eigenvalue weighted by molar-refractivity contribution is 6.33. The molecule has 0 radical (unpaired) electrons. The highest BCUT2D eigenvalue weighted by Gasteiger charge is 2.18. The van der Waals surface area contributed by atoms with Gasteiger partial charge in [0.1, 0.15) is 5.76 Å². The summed E-state index contributed by atoms with van der Waals surface area (Å²) in [6, 6.07) is 10.8. The molecule has 23 heavy (non-hydrogen) atoms. The van der Waals surface area contributed by atoms with Gasteiger partial charge in [0.15, 0.2) is 5.76 Å². The fraction of sp³-hybridized carbons (Fsp3) is 0.176. The van der Waals surface area contributed by atoms with Crippen molar-refractivity contribution in [2.45, 2.75) is 6.54 Å². The molecule has 2 heterocycles. The molecule has 3 aromatic rings. The Morgan fingerprint density at radius 3 is 2.78 bits per heavy atom. The zero-order chi connectivity index (χ0) is 16.4. The number of rotatable bonds is 4. The van der Waals surface area contributed by atoms with Gasteiger partial charge >= 0.3 is 0 Å². The molecule has 0 atom stereocenters. The van der Waals surface area contributed by atoms with Crippen LogP contribution in [-0.2, 0) is 13.6 Å². The molecule has 1 aromatic carbocycles. The highest BCUT2D eigenvalue weighted by atomic mass is 35.5. The van der Waals surface area contributed by atoms with Gasteiger partial charge < -0.3 is 9.32 Å². The Bertz CT molecular complexity index is 838. The summed E-state index contributed by atoms with van der Waals surface area (Å²) in [4.78, 5) is 14.0. The second kappa shape index (κ2) is 6.30.